The number of hydrogen-bond donors (Lipinski definition) is 0. The van der Waals surface area contributed by atoms with E-state index in [-0.39, 0.29) is 41.1 Å². The van der Waals surface area contributed by atoms with Gasteiger partial charge in [-0.05, 0) is 0 Å². The molecule has 2 aromatic rings. The van der Waals surface area contributed by atoms with Crippen molar-refractivity contribution < 1.29 is 48.0 Å². The predicted molar refractivity (Wildman–Crippen MR) is 137 cm³/mol. The summed E-state index contributed by atoms with van der Waals surface area (Å²) in [4.78, 5) is 0. The molecule has 0 saturated carbocycles. The second-order valence-corrected chi connectivity index (χ2v) is 16.5. The van der Waals surface area contributed by atoms with Crippen LogP contribution in [0.2, 0.25) is 3.63 Å². The molecule has 0 N–H and O–H groups in total. The molecular formula is C31H40Cl2Zr. The Morgan fingerprint density at radius 1 is 0.735 bits per heavy atom. The number of halogens is 2. The van der Waals surface area contributed by atoms with Gasteiger partial charge in [-0.2, -0.15) is 0 Å². The van der Waals surface area contributed by atoms with Crippen LogP contribution in [0.4, 0.5) is 0 Å². The zero-order chi connectivity index (χ0) is 23.6. The van der Waals surface area contributed by atoms with Gasteiger partial charge in [0, 0.05) is 0 Å². The molecule has 0 radical (unpaired) electrons. The average molecular weight is 575 g/mol. The van der Waals surface area contributed by atoms with E-state index < -0.39 is 23.2 Å². The van der Waals surface area contributed by atoms with Gasteiger partial charge in [-0.25, -0.2) is 0 Å². The smallest absolute Gasteiger partial charge is 1.00 e. The molecular weight excluding hydrogens is 534 g/mol. The monoisotopic (exact) mass is 572 g/mol. The fourth-order valence-corrected chi connectivity index (χ4v) is 8.58. The van der Waals surface area contributed by atoms with Crippen LogP contribution in [0, 0.1) is 5.41 Å². The first-order valence-electron chi connectivity index (χ1n) is 12.1. The quantitative estimate of drug-likeness (QED) is 0.441. The summed E-state index contributed by atoms with van der Waals surface area (Å²) in [5.41, 5.74) is 12.8. The van der Waals surface area contributed by atoms with Crippen molar-refractivity contribution in [3.8, 4) is 11.1 Å². The van der Waals surface area contributed by atoms with Gasteiger partial charge in [0.1, 0.15) is 0 Å². The van der Waals surface area contributed by atoms with Crippen molar-refractivity contribution in [2.24, 2.45) is 5.41 Å². The van der Waals surface area contributed by atoms with Crippen LogP contribution < -0.4 is 28.1 Å². The third kappa shape index (κ3) is 5.85. The fourth-order valence-electron chi connectivity index (χ4n) is 4.79. The second-order valence-electron chi connectivity index (χ2n) is 13.0. The molecule has 0 aliphatic heterocycles. The van der Waals surface area contributed by atoms with Gasteiger partial charge in [0.2, 0.25) is 0 Å². The zero-order valence-electron chi connectivity index (χ0n) is 22.6. The summed E-state index contributed by atoms with van der Waals surface area (Å²) in [7, 11) is 0. The number of hydrogen-bond acceptors (Lipinski definition) is 0. The molecule has 0 spiro atoms. The minimum Gasteiger partial charge on any atom is -1.00 e. The van der Waals surface area contributed by atoms with Crippen LogP contribution in [0.3, 0.4) is 0 Å². The van der Waals surface area contributed by atoms with Crippen molar-refractivity contribution in [3.05, 3.63) is 75.9 Å². The summed E-state index contributed by atoms with van der Waals surface area (Å²) in [5, 5.41) is 0. The van der Waals surface area contributed by atoms with Gasteiger partial charge in [0.05, 0.1) is 0 Å². The standard InChI is InChI=1S/C21H25.C10H15.2ClH.Zr/c1-20(2,3)16-9-7-14-11-15-8-10-17(21(4,5)6)13-19(15)18(14)12-16;1-8-5-6-9(7-8)10(2,3)4;;;/h7,9-10,12-13H,11H2,1-6H3;5-7H,1-4H3;2*1H;/q;;;;+2/p-2. The molecule has 0 saturated heterocycles. The summed E-state index contributed by atoms with van der Waals surface area (Å²) in [6.45, 7) is 23.5. The van der Waals surface area contributed by atoms with E-state index >= 15 is 0 Å². The van der Waals surface area contributed by atoms with Crippen molar-refractivity contribution in [2.75, 3.05) is 0 Å². The van der Waals surface area contributed by atoms with Gasteiger partial charge >= 0.3 is 209 Å². The minimum absolute atomic E-state index is 0. The minimum atomic E-state index is -0.822. The van der Waals surface area contributed by atoms with Crippen molar-refractivity contribution in [1.29, 1.82) is 0 Å². The van der Waals surface area contributed by atoms with Crippen LogP contribution >= 0.6 is 0 Å². The molecule has 1 atom stereocenters. The van der Waals surface area contributed by atoms with Gasteiger partial charge in [0.15, 0.2) is 0 Å². The Balaban J connectivity index is 0.00000204. The van der Waals surface area contributed by atoms with E-state index in [2.05, 4.69) is 112 Å². The molecule has 0 amide bonds. The van der Waals surface area contributed by atoms with Crippen molar-refractivity contribution in [2.45, 2.75) is 90.1 Å². The normalized spacial score (nSPS) is 17.1. The van der Waals surface area contributed by atoms with E-state index in [4.69, 9.17) is 0 Å². The molecule has 34 heavy (non-hydrogen) atoms. The molecule has 2 aliphatic carbocycles. The van der Waals surface area contributed by atoms with Gasteiger partial charge in [-0.15, -0.1) is 0 Å². The Kier molecular flexibility index (Phi) is 8.74. The molecule has 1 unspecified atom stereocenters. The molecule has 0 aromatic heterocycles. The molecule has 0 heterocycles. The van der Waals surface area contributed by atoms with E-state index in [1.807, 2.05) is 0 Å². The largest absolute Gasteiger partial charge is 1.00 e. The van der Waals surface area contributed by atoms with Crippen LogP contribution in [-0.2, 0) is 40.5 Å². The maximum absolute atomic E-state index is 2.61. The van der Waals surface area contributed by atoms with Gasteiger partial charge in [0.25, 0.3) is 0 Å². The molecule has 182 valence electrons. The van der Waals surface area contributed by atoms with E-state index in [0.717, 1.165) is 6.42 Å². The molecule has 0 fully saturated rings. The van der Waals surface area contributed by atoms with Gasteiger partial charge < -0.3 is 24.8 Å². The van der Waals surface area contributed by atoms with Crippen LogP contribution in [0.1, 0.15) is 91.5 Å². The SMILES string of the molecule is CC1=CC(C(C)(C)C)=C[CH]1[Zr+2][c]1cc(C(C)(C)C)cc2c1Cc1ccc(C(C)(C)C)cc1-2.[Cl-].[Cl-]. The van der Waals surface area contributed by atoms with Gasteiger partial charge in [-0.1, -0.05) is 0 Å². The summed E-state index contributed by atoms with van der Waals surface area (Å²) >= 11 is -0.822. The Bertz CT molecular complexity index is 1130. The first kappa shape index (κ1) is 29.6. The van der Waals surface area contributed by atoms with Crippen LogP contribution in [-0.4, -0.2) is 0 Å². The summed E-state index contributed by atoms with van der Waals surface area (Å²) in [5.74, 6) is 0. The van der Waals surface area contributed by atoms with Gasteiger partial charge in [-0.3, -0.25) is 0 Å². The Labute approximate surface area is 232 Å². The fraction of sp³-hybridized carbons (Fsp3) is 0.484. The van der Waals surface area contributed by atoms with Crippen LogP contribution in [0.15, 0.2) is 53.6 Å². The van der Waals surface area contributed by atoms with E-state index in [9.17, 15) is 0 Å². The topological polar surface area (TPSA) is 0 Å². The number of benzene rings is 2. The Morgan fingerprint density at radius 2 is 1.32 bits per heavy atom. The Morgan fingerprint density at radius 3 is 1.85 bits per heavy atom. The van der Waals surface area contributed by atoms with Crippen LogP contribution in [0.25, 0.3) is 11.1 Å². The molecule has 0 bridgehead atoms. The summed E-state index contributed by atoms with van der Waals surface area (Å²) in [6, 6.07) is 12.4. The second kappa shape index (κ2) is 10.0. The molecule has 2 aliphatic rings. The number of allylic oxidation sites excluding steroid dienone is 4. The molecule has 4 rings (SSSR count). The average Bonchev–Trinajstić information content (AvgIpc) is 3.20. The number of fused-ring (bicyclic) bond motifs is 3. The first-order chi connectivity index (χ1) is 14.6. The maximum Gasteiger partial charge on any atom is -1.00 e. The summed E-state index contributed by atoms with van der Waals surface area (Å²) < 4.78 is 2.40. The van der Waals surface area contributed by atoms with E-state index in [0.29, 0.717) is 3.63 Å². The number of rotatable bonds is 2. The van der Waals surface area contributed by atoms with E-state index in [1.165, 1.54) is 33.4 Å². The zero-order valence-corrected chi connectivity index (χ0v) is 26.6. The summed E-state index contributed by atoms with van der Waals surface area (Å²) in [6.07, 6.45) is 6.20. The van der Waals surface area contributed by atoms with E-state index in [1.54, 1.807) is 14.4 Å². The predicted octanol–water partition coefficient (Wildman–Crippen LogP) is 2.29. The molecule has 0 nitrogen and oxygen atoms in total. The molecule has 2 aromatic carbocycles. The van der Waals surface area contributed by atoms with Crippen LogP contribution in [0.5, 0.6) is 0 Å². The first-order valence-corrected chi connectivity index (χ1v) is 14.8. The van der Waals surface area contributed by atoms with Crippen molar-refractivity contribution in [1.82, 2.24) is 0 Å². The maximum atomic E-state index is 2.61. The van der Waals surface area contributed by atoms with Crippen molar-refractivity contribution >= 4 is 3.27 Å². The molecule has 3 heteroatoms. The van der Waals surface area contributed by atoms with Crippen molar-refractivity contribution in [3.63, 3.8) is 0 Å². The third-order valence-electron chi connectivity index (χ3n) is 7.15. The Hall–Kier alpha value is -0.617. The third-order valence-corrected chi connectivity index (χ3v) is 11.3.